The fraction of sp³-hybridized carbons (Fsp3) is 0.438. The Kier molecular flexibility index (Phi) is 5.86. The predicted molar refractivity (Wildman–Crippen MR) is 80.5 cm³/mol. The number of phenolic OH excluding ortho intramolecular Hbond substituents is 1. The smallest absolute Gasteiger partial charge is 0.158 e. The second-order valence-electron chi connectivity index (χ2n) is 5.46. The molecule has 1 heterocycles. The molecule has 126 valence electrons. The van der Waals surface area contributed by atoms with Crippen molar-refractivity contribution in [3.05, 3.63) is 35.9 Å². The summed E-state index contributed by atoms with van der Waals surface area (Å²) in [6, 6.07) is 6.24. The number of ether oxygens (including phenoxy) is 1. The summed E-state index contributed by atoms with van der Waals surface area (Å²) in [5.41, 5.74) is 0.713. The molecule has 0 bridgehead atoms. The number of aromatic hydroxyl groups is 1. The molecule has 5 atom stereocenters. The van der Waals surface area contributed by atoms with Gasteiger partial charge in [0.05, 0.1) is 12.7 Å². The Bertz CT molecular complexity index is 552. The van der Waals surface area contributed by atoms with Gasteiger partial charge in [-0.1, -0.05) is 18.2 Å². The Labute approximate surface area is 133 Å². The van der Waals surface area contributed by atoms with Crippen LogP contribution in [0.1, 0.15) is 12.0 Å². The average Bonchev–Trinajstić information content (AvgIpc) is 2.55. The van der Waals surface area contributed by atoms with Gasteiger partial charge in [0.2, 0.25) is 0 Å². The normalized spacial score (nSPS) is 31.4. The predicted octanol–water partition coefficient (Wildman–Crippen LogP) is -0.793. The molecule has 0 spiro atoms. The number of carbonyl (C=O) groups excluding carboxylic acids is 1. The van der Waals surface area contributed by atoms with Gasteiger partial charge in [0.1, 0.15) is 30.2 Å². The Morgan fingerprint density at radius 2 is 1.65 bits per heavy atom. The number of ketones is 1. The van der Waals surface area contributed by atoms with E-state index in [1.165, 1.54) is 18.2 Å². The molecule has 0 aromatic heterocycles. The van der Waals surface area contributed by atoms with Crippen molar-refractivity contribution in [1.82, 2.24) is 0 Å². The quantitative estimate of drug-likeness (QED) is 0.449. The molecule has 1 aromatic carbocycles. The fourth-order valence-electron chi connectivity index (χ4n) is 2.39. The van der Waals surface area contributed by atoms with E-state index in [2.05, 4.69) is 0 Å². The number of phenols is 1. The minimum atomic E-state index is -1.49. The summed E-state index contributed by atoms with van der Waals surface area (Å²) in [6.07, 6.45) is -3.72. The number of hydrogen-bond donors (Lipinski definition) is 5. The maximum absolute atomic E-state index is 11.9. The lowest BCUT2D eigenvalue weighted by molar-refractivity contribution is -0.229. The van der Waals surface area contributed by atoms with Crippen LogP contribution in [0.5, 0.6) is 5.75 Å². The third-order valence-corrected chi connectivity index (χ3v) is 3.75. The molecule has 5 unspecified atom stereocenters. The molecule has 1 aliphatic heterocycles. The standard InChI is InChI=1S/C16H20O7/c17-8-13-15(21)16(22)14(20)12(23-13)7-11(19)6-3-9-1-4-10(18)5-2-9/h1-6,12-18,20-22H,7-8H2/b6-3+. The van der Waals surface area contributed by atoms with E-state index >= 15 is 0 Å². The second kappa shape index (κ2) is 7.67. The summed E-state index contributed by atoms with van der Waals surface area (Å²) >= 11 is 0. The summed E-state index contributed by atoms with van der Waals surface area (Å²) in [6.45, 7) is -0.529. The van der Waals surface area contributed by atoms with Crippen LogP contribution in [0.25, 0.3) is 6.08 Å². The molecule has 0 saturated carbocycles. The zero-order chi connectivity index (χ0) is 17.0. The molecule has 7 heteroatoms. The van der Waals surface area contributed by atoms with Crippen molar-refractivity contribution in [2.45, 2.75) is 36.9 Å². The number of allylic oxidation sites excluding steroid dienone is 1. The molecule has 2 rings (SSSR count). The van der Waals surface area contributed by atoms with E-state index in [4.69, 9.17) is 9.84 Å². The van der Waals surface area contributed by atoms with Crippen LogP contribution >= 0.6 is 0 Å². The van der Waals surface area contributed by atoms with Gasteiger partial charge in [-0.2, -0.15) is 0 Å². The monoisotopic (exact) mass is 324 g/mol. The van der Waals surface area contributed by atoms with Crippen molar-refractivity contribution in [3.63, 3.8) is 0 Å². The highest BCUT2D eigenvalue weighted by Crippen LogP contribution is 2.23. The van der Waals surface area contributed by atoms with Gasteiger partial charge in [0, 0.05) is 6.42 Å². The molecule has 23 heavy (non-hydrogen) atoms. The van der Waals surface area contributed by atoms with Crippen molar-refractivity contribution < 1.29 is 35.1 Å². The first-order chi connectivity index (χ1) is 10.9. The van der Waals surface area contributed by atoms with E-state index in [0.29, 0.717) is 5.56 Å². The molecule has 0 aliphatic carbocycles. The second-order valence-corrected chi connectivity index (χ2v) is 5.46. The van der Waals surface area contributed by atoms with Gasteiger partial charge >= 0.3 is 0 Å². The molecule has 0 amide bonds. The van der Waals surface area contributed by atoms with Crippen LogP contribution in [0.3, 0.4) is 0 Å². The van der Waals surface area contributed by atoms with E-state index in [0.717, 1.165) is 0 Å². The van der Waals surface area contributed by atoms with Crippen LogP contribution in [0.2, 0.25) is 0 Å². The Morgan fingerprint density at radius 3 is 2.26 bits per heavy atom. The molecule has 1 aliphatic rings. The van der Waals surface area contributed by atoms with Gasteiger partial charge in [-0.3, -0.25) is 4.79 Å². The maximum Gasteiger partial charge on any atom is 0.158 e. The molecule has 0 radical (unpaired) electrons. The SMILES string of the molecule is O=C(/C=C/c1ccc(O)cc1)CC1OC(CO)C(O)C(O)C1O. The number of aliphatic hydroxyl groups excluding tert-OH is 4. The summed E-state index contributed by atoms with van der Waals surface area (Å²) in [5.74, 6) is -0.225. The van der Waals surface area contributed by atoms with E-state index < -0.39 is 37.1 Å². The van der Waals surface area contributed by atoms with Crippen molar-refractivity contribution in [2.24, 2.45) is 0 Å². The van der Waals surface area contributed by atoms with Crippen LogP contribution in [0.4, 0.5) is 0 Å². The summed E-state index contributed by atoms with van der Waals surface area (Å²) in [4.78, 5) is 11.9. The number of aliphatic hydroxyl groups is 4. The summed E-state index contributed by atoms with van der Waals surface area (Å²) < 4.78 is 5.27. The maximum atomic E-state index is 11.9. The van der Waals surface area contributed by atoms with Gasteiger partial charge in [-0.15, -0.1) is 0 Å². The lowest BCUT2D eigenvalue weighted by Crippen LogP contribution is -2.58. The van der Waals surface area contributed by atoms with E-state index in [1.807, 2.05) is 0 Å². The lowest BCUT2D eigenvalue weighted by Gasteiger charge is -2.39. The van der Waals surface area contributed by atoms with Crippen LogP contribution in [0, 0.1) is 0 Å². The first-order valence-electron chi connectivity index (χ1n) is 7.23. The van der Waals surface area contributed by atoms with Crippen molar-refractivity contribution >= 4 is 11.9 Å². The molecule has 1 saturated heterocycles. The number of carbonyl (C=O) groups is 1. The fourth-order valence-corrected chi connectivity index (χ4v) is 2.39. The largest absolute Gasteiger partial charge is 0.508 e. The third kappa shape index (κ3) is 4.37. The first kappa shape index (κ1) is 17.6. The van der Waals surface area contributed by atoms with E-state index in [9.17, 15) is 25.2 Å². The number of rotatable bonds is 5. The third-order valence-electron chi connectivity index (χ3n) is 3.75. The Morgan fingerprint density at radius 1 is 1.04 bits per heavy atom. The number of benzene rings is 1. The van der Waals surface area contributed by atoms with E-state index in [1.54, 1.807) is 18.2 Å². The molecule has 5 N–H and O–H groups in total. The highest BCUT2D eigenvalue weighted by molar-refractivity contribution is 5.93. The molecular formula is C16H20O7. The van der Waals surface area contributed by atoms with Gasteiger partial charge in [0.25, 0.3) is 0 Å². The highest BCUT2D eigenvalue weighted by Gasteiger charge is 2.43. The van der Waals surface area contributed by atoms with Gasteiger partial charge in [-0.25, -0.2) is 0 Å². The topological polar surface area (TPSA) is 127 Å². The van der Waals surface area contributed by atoms with Crippen molar-refractivity contribution in [1.29, 1.82) is 0 Å². The van der Waals surface area contributed by atoms with Crippen LogP contribution in [-0.4, -0.2) is 68.4 Å². The Balaban J connectivity index is 1.97. The summed E-state index contributed by atoms with van der Waals surface area (Å²) in [7, 11) is 0. The zero-order valence-electron chi connectivity index (χ0n) is 12.3. The zero-order valence-corrected chi connectivity index (χ0v) is 12.3. The number of hydrogen-bond acceptors (Lipinski definition) is 7. The minimum absolute atomic E-state index is 0.120. The van der Waals surface area contributed by atoms with Crippen molar-refractivity contribution in [3.8, 4) is 5.75 Å². The minimum Gasteiger partial charge on any atom is -0.508 e. The molecular weight excluding hydrogens is 304 g/mol. The van der Waals surface area contributed by atoms with Crippen LogP contribution < -0.4 is 0 Å². The van der Waals surface area contributed by atoms with Gasteiger partial charge in [0.15, 0.2) is 5.78 Å². The van der Waals surface area contributed by atoms with Gasteiger partial charge < -0.3 is 30.3 Å². The highest BCUT2D eigenvalue weighted by atomic mass is 16.5. The van der Waals surface area contributed by atoms with E-state index in [-0.39, 0.29) is 18.0 Å². The molecule has 1 fully saturated rings. The van der Waals surface area contributed by atoms with Crippen molar-refractivity contribution in [2.75, 3.05) is 6.61 Å². The average molecular weight is 324 g/mol. The molecule has 7 nitrogen and oxygen atoms in total. The first-order valence-corrected chi connectivity index (χ1v) is 7.23. The summed E-state index contributed by atoms with van der Waals surface area (Å²) in [5, 5.41) is 47.5. The van der Waals surface area contributed by atoms with Crippen LogP contribution in [-0.2, 0) is 9.53 Å². The molecule has 1 aromatic rings. The van der Waals surface area contributed by atoms with Crippen LogP contribution in [0.15, 0.2) is 30.3 Å². The lowest BCUT2D eigenvalue weighted by atomic mass is 9.92. The van der Waals surface area contributed by atoms with Gasteiger partial charge in [-0.05, 0) is 23.8 Å². The Hall–Kier alpha value is -1.77.